The smallest absolute Gasteiger partial charge is 0.322 e. The van der Waals surface area contributed by atoms with E-state index in [4.69, 9.17) is 15.2 Å². The highest BCUT2D eigenvalue weighted by Crippen LogP contribution is 2.43. The number of nitrogens with two attached hydrogens (primary N) is 1. The zero-order chi connectivity index (χ0) is 44.1. The molecule has 2 aliphatic carbocycles. The van der Waals surface area contributed by atoms with Gasteiger partial charge in [-0.25, -0.2) is 23.1 Å². The van der Waals surface area contributed by atoms with Crippen LogP contribution in [0.5, 0.6) is 11.5 Å². The lowest BCUT2D eigenvalue weighted by Gasteiger charge is -2.14. The molecule has 0 aliphatic heterocycles. The summed E-state index contributed by atoms with van der Waals surface area (Å²) in [6, 6.07) is 27.4. The Morgan fingerprint density at radius 3 is 1.79 bits per heavy atom. The van der Waals surface area contributed by atoms with Crippen molar-refractivity contribution in [1.29, 1.82) is 10.5 Å². The van der Waals surface area contributed by atoms with Crippen LogP contribution >= 0.6 is 22.7 Å². The fourth-order valence-corrected chi connectivity index (χ4v) is 10.8. The summed E-state index contributed by atoms with van der Waals surface area (Å²) in [6.45, 7) is 7.73. The Labute approximate surface area is 370 Å². The maximum absolute atomic E-state index is 12.4. The van der Waals surface area contributed by atoms with Gasteiger partial charge in [-0.05, 0) is 123 Å². The number of benzene rings is 4. The summed E-state index contributed by atoms with van der Waals surface area (Å²) in [5, 5.41) is 20.7. The molecule has 318 valence electrons. The van der Waals surface area contributed by atoms with Gasteiger partial charge in [0.15, 0.2) is 5.75 Å². The van der Waals surface area contributed by atoms with Gasteiger partial charge in [0, 0.05) is 35.6 Å². The summed E-state index contributed by atoms with van der Waals surface area (Å²) >= 11 is 3.15. The summed E-state index contributed by atoms with van der Waals surface area (Å²) in [5.74, 6) is -0.351. The molecule has 8 rings (SSSR count). The Balaban J connectivity index is 0.000000192. The molecule has 3 N–H and O–H groups in total. The van der Waals surface area contributed by atoms with Crippen molar-refractivity contribution in [3.8, 4) is 65.7 Å². The molecule has 0 saturated heterocycles. The van der Waals surface area contributed by atoms with E-state index in [1.807, 2.05) is 76.4 Å². The first-order valence-electron chi connectivity index (χ1n) is 20.2. The van der Waals surface area contributed by atoms with E-state index in [1.54, 1.807) is 29.7 Å². The maximum atomic E-state index is 12.4. The Hall–Kier alpha value is -5.94. The molecule has 6 aromatic rings. The molecule has 0 fully saturated rings. The first-order chi connectivity index (χ1) is 29.8. The van der Waals surface area contributed by atoms with Crippen LogP contribution in [0, 0.1) is 22.7 Å². The summed E-state index contributed by atoms with van der Waals surface area (Å²) < 4.78 is 43.3. The predicted molar refractivity (Wildman–Crippen MR) is 242 cm³/mol. The molecule has 2 heterocycles. The third-order valence-corrected chi connectivity index (χ3v) is 13.8. The van der Waals surface area contributed by atoms with Crippen LogP contribution in [0.2, 0.25) is 0 Å². The maximum Gasteiger partial charge on any atom is 0.322 e. The second-order valence-electron chi connectivity index (χ2n) is 15.5. The normalized spacial score (nSPS) is 15.3. The van der Waals surface area contributed by atoms with Crippen LogP contribution in [0.25, 0.3) is 42.0 Å². The Bertz CT molecular complexity index is 2820. The topological polar surface area (TPSA) is 190 Å². The molecule has 0 saturated carbocycles. The third-order valence-electron chi connectivity index (χ3n) is 10.4. The molecule has 4 aromatic carbocycles. The molecule has 2 aromatic heterocycles. The highest BCUT2D eigenvalue weighted by atomic mass is 32.2. The summed E-state index contributed by atoms with van der Waals surface area (Å²) in [7, 11) is -2.66. The molecule has 0 spiro atoms. The first-order valence-corrected chi connectivity index (χ1v) is 23.5. The standard InChI is InChI=1S/C25H25N3O5S2.C22H21N3OS/c1-15(2)33-22-10-7-16(11-17(22)12-26)25-27-13-23(34-25)20-6-4-5-19-18(20)8-9-21(19)28-35(30,31)14-24(29)32-3;1-13(2)26-20-9-6-14(10-15(20)11-23)22-25-12-21(27-22)18-5-3-4-17-16(18)7-8-19(17)24/h4-7,10-11,13,15,21,28H,8-9,14H2,1-3H3;3-6,9-10,12-13,19H,7-8,24H2,1-2H3/t21-;19-/m00/s1. The van der Waals surface area contributed by atoms with E-state index < -0.39 is 27.8 Å². The molecular weight excluding hydrogens is 841 g/mol. The number of nitrogens with zero attached hydrogens (tertiary/aromatic N) is 4. The van der Waals surface area contributed by atoms with Crippen LogP contribution in [0.1, 0.15) is 86.0 Å². The van der Waals surface area contributed by atoms with Crippen molar-refractivity contribution < 1.29 is 27.4 Å². The molecule has 2 atom stereocenters. The summed E-state index contributed by atoms with van der Waals surface area (Å²) in [5.41, 5.74) is 15.7. The van der Waals surface area contributed by atoms with E-state index in [0.717, 1.165) is 67.5 Å². The summed E-state index contributed by atoms with van der Waals surface area (Å²) in [4.78, 5) is 22.7. The lowest BCUT2D eigenvalue weighted by atomic mass is 10.0. The number of hydrogen-bond acceptors (Lipinski definition) is 13. The van der Waals surface area contributed by atoms with Crippen molar-refractivity contribution in [1.82, 2.24) is 14.7 Å². The van der Waals surface area contributed by atoms with E-state index in [-0.39, 0.29) is 18.2 Å². The number of nitriles is 2. The number of hydrogen-bond donors (Lipinski definition) is 2. The van der Waals surface area contributed by atoms with Gasteiger partial charge in [0.1, 0.15) is 33.7 Å². The summed E-state index contributed by atoms with van der Waals surface area (Å²) in [6.07, 6.45) is 7.03. The van der Waals surface area contributed by atoms with Gasteiger partial charge in [0.25, 0.3) is 0 Å². The number of aromatic nitrogens is 2. The zero-order valence-electron chi connectivity index (χ0n) is 35.0. The minimum absolute atomic E-state index is 0.0287. The lowest BCUT2D eigenvalue weighted by Crippen LogP contribution is -2.33. The zero-order valence-corrected chi connectivity index (χ0v) is 37.4. The number of sulfonamides is 1. The Morgan fingerprint density at radius 2 is 1.29 bits per heavy atom. The van der Waals surface area contributed by atoms with Crippen LogP contribution in [-0.4, -0.2) is 49.4 Å². The average Bonchev–Trinajstić information content (AvgIpc) is 4.09. The number of fused-ring (bicyclic) bond motifs is 2. The molecule has 62 heavy (non-hydrogen) atoms. The minimum atomic E-state index is -3.82. The van der Waals surface area contributed by atoms with E-state index in [9.17, 15) is 23.7 Å². The van der Waals surface area contributed by atoms with Crippen LogP contribution in [0.15, 0.2) is 85.2 Å². The van der Waals surface area contributed by atoms with Gasteiger partial charge in [-0.3, -0.25) is 4.79 Å². The van der Waals surface area contributed by atoms with Gasteiger partial charge in [0.2, 0.25) is 10.0 Å². The molecule has 12 nitrogen and oxygen atoms in total. The van der Waals surface area contributed by atoms with E-state index in [1.165, 1.54) is 28.0 Å². The SMILES string of the molecule is CC(C)Oc1ccc(-c2ncc(-c3cccc4c3CC[C@@H]4N)s2)cc1C#N.COC(=O)CS(=O)(=O)N[C@H]1CCc2c(-c3cnc(-c4ccc(OC(C)C)c(C#N)c4)s3)cccc21. The largest absolute Gasteiger partial charge is 0.490 e. The highest BCUT2D eigenvalue weighted by Gasteiger charge is 2.30. The van der Waals surface area contributed by atoms with E-state index >= 15 is 0 Å². The fourth-order valence-electron chi connectivity index (χ4n) is 7.68. The molecule has 0 unspecified atom stereocenters. The lowest BCUT2D eigenvalue weighted by molar-refractivity contribution is -0.137. The molecule has 0 amide bonds. The van der Waals surface area contributed by atoms with Gasteiger partial charge in [-0.15, -0.1) is 22.7 Å². The predicted octanol–water partition coefficient (Wildman–Crippen LogP) is 9.30. The van der Waals surface area contributed by atoms with Crippen LogP contribution in [-0.2, 0) is 32.4 Å². The number of thiazole rings is 2. The van der Waals surface area contributed by atoms with Gasteiger partial charge in [0.05, 0.1) is 40.2 Å². The van der Waals surface area contributed by atoms with Crippen molar-refractivity contribution in [3.05, 3.63) is 119 Å². The van der Waals surface area contributed by atoms with Crippen LogP contribution in [0.3, 0.4) is 0 Å². The van der Waals surface area contributed by atoms with Gasteiger partial charge in [-0.1, -0.05) is 36.4 Å². The quantitative estimate of drug-likeness (QED) is 0.111. The number of methoxy groups -OCH3 is 1. The number of rotatable bonds is 12. The second-order valence-corrected chi connectivity index (χ2v) is 19.3. The van der Waals surface area contributed by atoms with Crippen molar-refractivity contribution in [2.24, 2.45) is 5.73 Å². The van der Waals surface area contributed by atoms with Gasteiger partial charge < -0.3 is 19.9 Å². The molecule has 0 bridgehead atoms. The molecule has 15 heteroatoms. The molecule has 0 radical (unpaired) electrons. The highest BCUT2D eigenvalue weighted by molar-refractivity contribution is 7.90. The number of ether oxygens (including phenoxy) is 3. The van der Waals surface area contributed by atoms with Crippen LogP contribution in [0.4, 0.5) is 0 Å². The average molecular weight is 887 g/mol. The Kier molecular flexibility index (Phi) is 13.5. The Morgan fingerprint density at radius 1 is 0.790 bits per heavy atom. The number of carbonyl (C=O) groups is 1. The number of esters is 1. The molecular formula is C47H46N6O6S3. The van der Waals surface area contributed by atoms with E-state index in [2.05, 4.69) is 49.8 Å². The minimum Gasteiger partial charge on any atom is -0.490 e. The van der Waals surface area contributed by atoms with Gasteiger partial charge in [-0.2, -0.15) is 10.5 Å². The molecule has 2 aliphatic rings. The number of nitrogens with one attached hydrogen (secondary N) is 1. The van der Waals surface area contributed by atoms with Gasteiger partial charge >= 0.3 is 5.97 Å². The van der Waals surface area contributed by atoms with Crippen LogP contribution < -0.4 is 19.9 Å². The van der Waals surface area contributed by atoms with Crippen molar-refractivity contribution in [2.75, 3.05) is 12.9 Å². The monoisotopic (exact) mass is 886 g/mol. The van der Waals surface area contributed by atoms with Crippen molar-refractivity contribution in [3.63, 3.8) is 0 Å². The fraction of sp³-hybridized carbons (Fsp3) is 0.298. The second kappa shape index (κ2) is 19.0. The number of carbonyl (C=O) groups excluding carboxylic acids is 1. The third kappa shape index (κ3) is 9.89. The first kappa shape index (κ1) is 44.1. The van der Waals surface area contributed by atoms with E-state index in [0.29, 0.717) is 35.5 Å². The van der Waals surface area contributed by atoms with Crippen molar-refractivity contribution in [2.45, 2.75) is 77.7 Å². The van der Waals surface area contributed by atoms with Crippen molar-refractivity contribution >= 4 is 38.7 Å².